The molecular formula is C30H34ClFN4O3. The summed E-state index contributed by atoms with van der Waals surface area (Å²) in [6, 6.07) is 17.5. The van der Waals surface area contributed by atoms with Crippen LogP contribution in [0.4, 0.5) is 4.39 Å². The Kier molecular flexibility index (Phi) is 8.28. The molecular weight excluding hydrogens is 519 g/mol. The fourth-order valence-corrected chi connectivity index (χ4v) is 5.44. The van der Waals surface area contributed by atoms with Gasteiger partial charge in [0, 0.05) is 37.7 Å². The average molecular weight is 553 g/mol. The number of benzene rings is 3. The van der Waals surface area contributed by atoms with Crippen LogP contribution in [0.25, 0.3) is 11.0 Å². The van der Waals surface area contributed by atoms with Crippen molar-refractivity contribution >= 4 is 29.4 Å². The number of aromatic nitrogens is 3. The number of aliphatic carboxylic acids is 1. The fourth-order valence-electron chi connectivity index (χ4n) is 5.44. The van der Waals surface area contributed by atoms with Crippen LogP contribution in [0.1, 0.15) is 60.9 Å². The van der Waals surface area contributed by atoms with Gasteiger partial charge in [0.2, 0.25) is 0 Å². The molecule has 9 heteroatoms. The summed E-state index contributed by atoms with van der Waals surface area (Å²) in [6.45, 7) is 10.8. The molecule has 4 aromatic rings. The molecule has 0 bridgehead atoms. The van der Waals surface area contributed by atoms with E-state index in [0.717, 1.165) is 41.1 Å². The van der Waals surface area contributed by atoms with Crippen molar-refractivity contribution in [1.82, 2.24) is 19.9 Å². The van der Waals surface area contributed by atoms with Gasteiger partial charge >= 0.3 is 5.97 Å². The summed E-state index contributed by atoms with van der Waals surface area (Å²) >= 11 is 0. The van der Waals surface area contributed by atoms with Crippen molar-refractivity contribution in [1.29, 1.82) is 0 Å². The highest BCUT2D eigenvalue weighted by Crippen LogP contribution is 2.35. The van der Waals surface area contributed by atoms with E-state index in [2.05, 4.69) is 42.0 Å². The van der Waals surface area contributed by atoms with Crippen molar-refractivity contribution in [3.8, 4) is 5.75 Å². The Morgan fingerprint density at radius 1 is 1.18 bits per heavy atom. The molecule has 0 spiro atoms. The Morgan fingerprint density at radius 2 is 1.95 bits per heavy atom. The molecule has 1 atom stereocenters. The summed E-state index contributed by atoms with van der Waals surface area (Å²) in [5.41, 5.74) is 4.77. The number of para-hydroxylation sites is 1. The first kappa shape index (κ1) is 28.5. The van der Waals surface area contributed by atoms with E-state index in [4.69, 9.17) is 4.74 Å². The van der Waals surface area contributed by atoms with Gasteiger partial charge in [-0.1, -0.05) is 47.7 Å². The second kappa shape index (κ2) is 11.3. The first-order valence-electron chi connectivity index (χ1n) is 13.0. The van der Waals surface area contributed by atoms with E-state index in [-0.39, 0.29) is 29.9 Å². The normalized spacial score (nSPS) is 15.6. The van der Waals surface area contributed by atoms with Gasteiger partial charge in [-0.15, -0.1) is 17.5 Å². The molecule has 39 heavy (non-hydrogen) atoms. The summed E-state index contributed by atoms with van der Waals surface area (Å²) in [7, 11) is 0. The van der Waals surface area contributed by atoms with E-state index in [0.29, 0.717) is 24.2 Å². The molecule has 2 heterocycles. The lowest BCUT2D eigenvalue weighted by Gasteiger charge is -2.30. The van der Waals surface area contributed by atoms with Gasteiger partial charge < -0.3 is 9.84 Å². The second-order valence-corrected chi connectivity index (χ2v) is 10.7. The maximum absolute atomic E-state index is 15.7. The zero-order chi connectivity index (χ0) is 27.0. The van der Waals surface area contributed by atoms with E-state index in [1.807, 2.05) is 43.3 Å². The zero-order valence-electron chi connectivity index (χ0n) is 22.6. The average Bonchev–Trinajstić information content (AvgIpc) is 3.23. The number of aryl methyl sites for hydroxylation is 2. The predicted octanol–water partition coefficient (Wildman–Crippen LogP) is 6.10. The van der Waals surface area contributed by atoms with E-state index < -0.39 is 17.7 Å². The molecule has 1 aliphatic rings. The molecule has 0 amide bonds. The maximum Gasteiger partial charge on any atom is 0.304 e. The maximum atomic E-state index is 15.7. The summed E-state index contributed by atoms with van der Waals surface area (Å²) in [5.74, 6) is -1.26. The first-order valence-corrected chi connectivity index (χ1v) is 13.0. The van der Waals surface area contributed by atoms with Crippen molar-refractivity contribution in [2.75, 3.05) is 6.54 Å². The third kappa shape index (κ3) is 5.92. The number of carboxylic acids is 1. The van der Waals surface area contributed by atoms with E-state index in [1.165, 1.54) is 0 Å². The number of rotatable bonds is 7. The molecule has 0 fully saturated rings. The number of hydrogen-bond acceptors (Lipinski definition) is 5. The highest BCUT2D eigenvalue weighted by molar-refractivity contribution is 5.85. The van der Waals surface area contributed by atoms with Gasteiger partial charge in [-0.3, -0.25) is 9.69 Å². The molecule has 5 rings (SSSR count). The fraction of sp³-hybridized carbons (Fsp3) is 0.367. The summed E-state index contributed by atoms with van der Waals surface area (Å²) < 4.78 is 23.6. The molecule has 0 aliphatic carbocycles. The van der Waals surface area contributed by atoms with E-state index in [9.17, 15) is 9.90 Å². The van der Waals surface area contributed by atoms with E-state index in [1.54, 1.807) is 16.8 Å². The van der Waals surface area contributed by atoms with Crippen LogP contribution in [0, 0.1) is 12.7 Å². The van der Waals surface area contributed by atoms with Crippen LogP contribution in [0.15, 0.2) is 54.6 Å². The summed E-state index contributed by atoms with van der Waals surface area (Å²) in [6.07, 6.45) is -0.231. The topological polar surface area (TPSA) is 80.5 Å². The molecule has 206 valence electrons. The molecule has 0 saturated carbocycles. The molecule has 7 nitrogen and oxygen atoms in total. The van der Waals surface area contributed by atoms with Crippen molar-refractivity contribution in [2.24, 2.45) is 0 Å². The third-order valence-electron chi connectivity index (χ3n) is 7.24. The van der Waals surface area contributed by atoms with Gasteiger partial charge in [0.05, 0.1) is 11.9 Å². The Hall–Kier alpha value is -3.49. The van der Waals surface area contributed by atoms with Crippen LogP contribution >= 0.6 is 12.4 Å². The van der Waals surface area contributed by atoms with Crippen LogP contribution in [0.3, 0.4) is 0 Å². The van der Waals surface area contributed by atoms with Gasteiger partial charge in [0.1, 0.15) is 16.9 Å². The van der Waals surface area contributed by atoms with Crippen molar-refractivity contribution in [3.63, 3.8) is 0 Å². The van der Waals surface area contributed by atoms with Gasteiger partial charge in [-0.05, 0) is 62.1 Å². The quantitative estimate of drug-likeness (QED) is 0.298. The number of hydrogen-bond donors (Lipinski definition) is 1. The Bertz CT molecular complexity index is 1500. The smallest absolute Gasteiger partial charge is 0.304 e. The Balaban J connectivity index is 0.00000353. The van der Waals surface area contributed by atoms with Crippen molar-refractivity contribution in [2.45, 2.75) is 65.3 Å². The van der Waals surface area contributed by atoms with Crippen LogP contribution in [0.2, 0.25) is 0 Å². The molecule has 1 N–H and O–H groups in total. The lowest BCUT2D eigenvalue weighted by Crippen LogP contribution is -2.40. The highest BCUT2D eigenvalue weighted by atomic mass is 35.5. The summed E-state index contributed by atoms with van der Waals surface area (Å²) in [5, 5.41) is 17.8. The van der Waals surface area contributed by atoms with Gasteiger partial charge in [-0.2, -0.15) is 0 Å². The number of fused-ring (bicyclic) bond motifs is 2. The largest absolute Gasteiger partial charge is 0.486 e. The second-order valence-electron chi connectivity index (χ2n) is 10.7. The molecule has 0 radical (unpaired) electrons. The first-order chi connectivity index (χ1) is 18.1. The number of nitrogens with zero attached hydrogens (tertiary/aromatic N) is 4. The Labute approximate surface area is 234 Å². The van der Waals surface area contributed by atoms with Crippen LogP contribution in [0.5, 0.6) is 5.75 Å². The standard InChI is InChI=1S/C30H33FN4O3.ClH/c1-5-35-25-13-12-23(28(31)29(25)32-33-35)24(15-27(36)37)20-11-10-19(2)22(14-20)17-34-16-21-8-6-7-9-26(21)38-30(3,4)18-34;/h6-14,24H,5,15-18H2,1-4H3,(H,36,37);1H/t24-;/m1./s1. The van der Waals surface area contributed by atoms with Gasteiger partial charge in [0.15, 0.2) is 5.82 Å². The molecule has 0 saturated heterocycles. The van der Waals surface area contributed by atoms with Crippen LogP contribution in [-0.4, -0.2) is 43.1 Å². The minimum atomic E-state index is -0.989. The predicted molar refractivity (Wildman–Crippen MR) is 151 cm³/mol. The van der Waals surface area contributed by atoms with Gasteiger partial charge in [-0.25, -0.2) is 9.07 Å². The van der Waals surface area contributed by atoms with Crippen molar-refractivity contribution < 1.29 is 19.0 Å². The molecule has 0 unspecified atom stereocenters. The number of halogens is 2. The zero-order valence-corrected chi connectivity index (χ0v) is 23.5. The SMILES string of the molecule is CCn1nnc2c(F)c([C@H](CC(=O)O)c3ccc(C)c(CN4Cc5ccccc5OC(C)(C)C4)c3)ccc21.Cl. The number of carboxylic acid groups (broad SMARTS) is 1. The van der Waals surface area contributed by atoms with Crippen LogP contribution in [-0.2, 0) is 24.4 Å². The van der Waals surface area contributed by atoms with E-state index >= 15 is 4.39 Å². The minimum Gasteiger partial charge on any atom is -0.486 e. The van der Waals surface area contributed by atoms with Crippen molar-refractivity contribution in [3.05, 3.63) is 88.2 Å². The lowest BCUT2D eigenvalue weighted by atomic mass is 9.86. The number of ether oxygens (including phenoxy) is 1. The molecule has 1 aliphatic heterocycles. The molecule has 1 aromatic heterocycles. The lowest BCUT2D eigenvalue weighted by molar-refractivity contribution is -0.137. The highest BCUT2D eigenvalue weighted by Gasteiger charge is 2.30. The Morgan fingerprint density at radius 3 is 2.69 bits per heavy atom. The number of carbonyl (C=O) groups is 1. The van der Waals surface area contributed by atoms with Crippen LogP contribution < -0.4 is 4.74 Å². The monoisotopic (exact) mass is 552 g/mol. The minimum absolute atomic E-state index is 0. The third-order valence-corrected chi connectivity index (χ3v) is 7.24. The van der Waals surface area contributed by atoms with Gasteiger partial charge in [0.25, 0.3) is 0 Å². The summed E-state index contributed by atoms with van der Waals surface area (Å²) in [4.78, 5) is 14.2. The molecule has 3 aromatic carbocycles.